The highest BCUT2D eigenvalue weighted by Crippen LogP contribution is 2.32. The molecule has 0 N–H and O–H groups in total. The Balaban J connectivity index is 2.72. The molecule has 0 aromatic heterocycles. The van der Waals surface area contributed by atoms with Crippen LogP contribution in [0.2, 0.25) is 0 Å². The van der Waals surface area contributed by atoms with Gasteiger partial charge in [-0.3, -0.25) is 4.79 Å². The molecule has 0 aromatic rings. The van der Waals surface area contributed by atoms with Crippen LogP contribution in [0.5, 0.6) is 0 Å². The van der Waals surface area contributed by atoms with Crippen LogP contribution in [0.25, 0.3) is 0 Å². The first-order chi connectivity index (χ1) is 7.14. The van der Waals surface area contributed by atoms with Gasteiger partial charge in [-0.05, 0) is 13.3 Å². The Morgan fingerprint density at radius 2 is 2.47 bits per heavy atom. The molecule has 1 unspecified atom stereocenters. The summed E-state index contributed by atoms with van der Waals surface area (Å²) >= 11 is 0. The summed E-state index contributed by atoms with van der Waals surface area (Å²) in [5.74, 6) is -0.759. The molecule has 4 nitrogen and oxygen atoms in total. The Kier molecular flexibility index (Phi) is 3.88. The second-order valence-electron chi connectivity index (χ2n) is 3.52. The fraction of sp³-hybridized carbons (Fsp3) is 0.636. The molecule has 1 atom stereocenters. The van der Waals surface area contributed by atoms with Crippen LogP contribution < -0.4 is 0 Å². The van der Waals surface area contributed by atoms with Crippen LogP contribution in [0.15, 0.2) is 12.7 Å². The van der Waals surface area contributed by atoms with Crippen molar-refractivity contribution >= 4 is 11.9 Å². The van der Waals surface area contributed by atoms with Crippen molar-refractivity contribution in [3.8, 4) is 0 Å². The van der Waals surface area contributed by atoms with Gasteiger partial charge in [-0.1, -0.05) is 6.08 Å². The average molecular weight is 212 g/mol. The van der Waals surface area contributed by atoms with Crippen molar-refractivity contribution in [2.24, 2.45) is 0 Å². The number of ether oxygens (including phenoxy) is 2. The lowest BCUT2D eigenvalue weighted by Crippen LogP contribution is -2.39. The van der Waals surface area contributed by atoms with Crippen molar-refractivity contribution in [1.29, 1.82) is 0 Å². The summed E-state index contributed by atoms with van der Waals surface area (Å²) in [6.07, 6.45) is 3.49. The average Bonchev–Trinajstić information content (AvgIpc) is 2.59. The summed E-state index contributed by atoms with van der Waals surface area (Å²) in [5.41, 5.74) is -1.05. The SMILES string of the molecule is C=CCCC1(C(=O)OCC)CCC(=O)O1. The molecule has 0 amide bonds. The molecular formula is C11H16O4. The van der Waals surface area contributed by atoms with E-state index in [0.29, 0.717) is 25.9 Å². The minimum absolute atomic E-state index is 0.288. The number of hydrogen-bond acceptors (Lipinski definition) is 4. The van der Waals surface area contributed by atoms with Gasteiger partial charge in [0.05, 0.1) is 6.61 Å². The maximum atomic E-state index is 11.7. The van der Waals surface area contributed by atoms with Crippen LogP contribution >= 0.6 is 0 Å². The molecule has 0 spiro atoms. The zero-order chi connectivity index (χ0) is 11.3. The van der Waals surface area contributed by atoms with Gasteiger partial charge in [-0.2, -0.15) is 0 Å². The smallest absolute Gasteiger partial charge is 0.350 e. The van der Waals surface area contributed by atoms with Crippen molar-refractivity contribution in [3.05, 3.63) is 12.7 Å². The van der Waals surface area contributed by atoms with E-state index in [0.717, 1.165) is 0 Å². The second kappa shape index (κ2) is 4.96. The molecule has 1 fully saturated rings. The molecule has 0 aromatic carbocycles. The number of cyclic esters (lactones) is 1. The largest absolute Gasteiger partial charge is 0.463 e. The van der Waals surface area contributed by atoms with Gasteiger partial charge in [0.15, 0.2) is 0 Å². The molecule has 84 valence electrons. The van der Waals surface area contributed by atoms with Gasteiger partial charge in [-0.15, -0.1) is 6.58 Å². The van der Waals surface area contributed by atoms with Crippen LogP contribution in [0.4, 0.5) is 0 Å². The fourth-order valence-corrected chi connectivity index (χ4v) is 1.64. The Morgan fingerprint density at radius 1 is 1.73 bits per heavy atom. The Bertz CT molecular complexity index is 272. The van der Waals surface area contributed by atoms with E-state index in [1.807, 2.05) is 0 Å². The van der Waals surface area contributed by atoms with Gasteiger partial charge >= 0.3 is 11.9 Å². The van der Waals surface area contributed by atoms with Crippen molar-refractivity contribution in [2.45, 2.75) is 38.2 Å². The molecule has 0 saturated carbocycles. The minimum Gasteiger partial charge on any atom is -0.463 e. The monoisotopic (exact) mass is 212 g/mol. The number of allylic oxidation sites excluding steroid dienone is 1. The number of esters is 2. The topological polar surface area (TPSA) is 52.6 Å². The van der Waals surface area contributed by atoms with Crippen molar-refractivity contribution in [1.82, 2.24) is 0 Å². The molecule has 1 aliphatic heterocycles. The summed E-state index contributed by atoms with van der Waals surface area (Å²) in [4.78, 5) is 22.8. The summed E-state index contributed by atoms with van der Waals surface area (Å²) in [7, 11) is 0. The summed E-state index contributed by atoms with van der Waals surface area (Å²) in [5, 5.41) is 0. The Morgan fingerprint density at radius 3 is 2.93 bits per heavy atom. The predicted molar refractivity (Wildman–Crippen MR) is 54.1 cm³/mol. The lowest BCUT2D eigenvalue weighted by atomic mass is 9.94. The molecule has 0 radical (unpaired) electrons. The van der Waals surface area contributed by atoms with Crippen LogP contribution in [-0.4, -0.2) is 24.1 Å². The van der Waals surface area contributed by atoms with Crippen LogP contribution in [0.3, 0.4) is 0 Å². The molecule has 4 heteroatoms. The Labute approximate surface area is 89.2 Å². The fourth-order valence-electron chi connectivity index (χ4n) is 1.64. The third-order valence-electron chi connectivity index (χ3n) is 2.44. The van der Waals surface area contributed by atoms with Gasteiger partial charge in [-0.25, -0.2) is 4.79 Å². The molecule has 0 bridgehead atoms. The quantitative estimate of drug-likeness (QED) is 0.513. The van der Waals surface area contributed by atoms with Gasteiger partial charge in [0.25, 0.3) is 0 Å². The molecular weight excluding hydrogens is 196 g/mol. The second-order valence-corrected chi connectivity index (χ2v) is 3.52. The molecule has 15 heavy (non-hydrogen) atoms. The van der Waals surface area contributed by atoms with Crippen molar-refractivity contribution < 1.29 is 19.1 Å². The number of hydrogen-bond donors (Lipinski definition) is 0. The van der Waals surface area contributed by atoms with Crippen LogP contribution in [0, 0.1) is 0 Å². The highest BCUT2D eigenvalue weighted by molar-refractivity contribution is 5.86. The zero-order valence-electron chi connectivity index (χ0n) is 8.95. The first kappa shape index (κ1) is 11.8. The van der Waals surface area contributed by atoms with E-state index in [9.17, 15) is 9.59 Å². The lowest BCUT2D eigenvalue weighted by molar-refractivity contribution is -0.174. The van der Waals surface area contributed by atoms with Gasteiger partial charge in [0, 0.05) is 19.3 Å². The number of rotatable bonds is 5. The lowest BCUT2D eigenvalue weighted by Gasteiger charge is -2.24. The molecule has 1 aliphatic rings. The normalized spacial score (nSPS) is 24.7. The first-order valence-electron chi connectivity index (χ1n) is 5.14. The van der Waals surface area contributed by atoms with E-state index >= 15 is 0 Å². The van der Waals surface area contributed by atoms with Crippen molar-refractivity contribution in [2.75, 3.05) is 6.61 Å². The maximum Gasteiger partial charge on any atom is 0.350 e. The Hall–Kier alpha value is -1.32. The van der Waals surface area contributed by atoms with E-state index in [1.54, 1.807) is 13.0 Å². The van der Waals surface area contributed by atoms with E-state index in [2.05, 4.69) is 6.58 Å². The third kappa shape index (κ3) is 2.58. The molecule has 1 saturated heterocycles. The van der Waals surface area contributed by atoms with E-state index < -0.39 is 11.6 Å². The third-order valence-corrected chi connectivity index (χ3v) is 2.44. The van der Waals surface area contributed by atoms with E-state index in [1.165, 1.54) is 0 Å². The number of carbonyl (C=O) groups is 2. The summed E-state index contributed by atoms with van der Waals surface area (Å²) in [6.45, 7) is 5.61. The van der Waals surface area contributed by atoms with Gasteiger partial charge in [0.1, 0.15) is 0 Å². The van der Waals surface area contributed by atoms with Crippen LogP contribution in [-0.2, 0) is 19.1 Å². The molecule has 0 aliphatic carbocycles. The van der Waals surface area contributed by atoms with E-state index in [-0.39, 0.29) is 12.4 Å². The molecule has 1 heterocycles. The van der Waals surface area contributed by atoms with Gasteiger partial charge in [0.2, 0.25) is 5.60 Å². The maximum absolute atomic E-state index is 11.7. The van der Waals surface area contributed by atoms with Crippen molar-refractivity contribution in [3.63, 3.8) is 0 Å². The standard InChI is InChI=1S/C11H16O4/c1-3-5-7-11(10(13)14-4-2)8-6-9(12)15-11/h3H,1,4-8H2,2H3. The number of carbonyl (C=O) groups excluding carboxylic acids is 2. The van der Waals surface area contributed by atoms with Gasteiger partial charge < -0.3 is 9.47 Å². The highest BCUT2D eigenvalue weighted by Gasteiger charge is 2.47. The van der Waals surface area contributed by atoms with E-state index in [4.69, 9.17) is 9.47 Å². The zero-order valence-corrected chi connectivity index (χ0v) is 8.95. The minimum atomic E-state index is -1.05. The summed E-state index contributed by atoms with van der Waals surface area (Å²) in [6, 6.07) is 0. The highest BCUT2D eigenvalue weighted by atomic mass is 16.6. The summed E-state index contributed by atoms with van der Waals surface area (Å²) < 4.78 is 10.0. The predicted octanol–water partition coefficient (Wildman–Crippen LogP) is 1.59. The first-order valence-corrected chi connectivity index (χ1v) is 5.14. The molecule has 1 rings (SSSR count). The van der Waals surface area contributed by atoms with Crippen LogP contribution in [0.1, 0.15) is 32.6 Å².